The molecule has 0 bridgehead atoms. The minimum Gasteiger partial charge on any atom is -0.494 e. The fourth-order valence-electron chi connectivity index (χ4n) is 4.15. The maximum Gasteiger partial charge on any atom is 0.291 e. The molecule has 0 N–H and O–H groups in total. The van der Waals surface area contributed by atoms with Crippen molar-refractivity contribution in [3.8, 4) is 33.4 Å². The number of hydrogen-bond acceptors (Lipinski definition) is 7. The van der Waals surface area contributed by atoms with Crippen molar-refractivity contribution in [1.82, 2.24) is 24.4 Å². The Morgan fingerprint density at radius 1 is 0.974 bits per heavy atom. The Kier molecular flexibility index (Phi) is 6.85. The van der Waals surface area contributed by atoms with Crippen molar-refractivity contribution >= 4 is 33.7 Å². The lowest BCUT2D eigenvalue weighted by molar-refractivity contribution is 0.306. The van der Waals surface area contributed by atoms with Crippen LogP contribution >= 0.6 is 22.7 Å². The van der Waals surface area contributed by atoms with Crippen LogP contribution in [-0.2, 0) is 0 Å². The van der Waals surface area contributed by atoms with Crippen LogP contribution in [0.25, 0.3) is 38.7 Å². The topological polar surface area (TPSA) is 74.3 Å². The minimum absolute atomic E-state index is 0.191. The van der Waals surface area contributed by atoms with E-state index >= 15 is 0 Å². The van der Waals surface area contributed by atoms with Gasteiger partial charge < -0.3 is 4.74 Å². The molecule has 0 aliphatic rings. The van der Waals surface area contributed by atoms with Crippen molar-refractivity contribution in [3.05, 3.63) is 98.8 Å². The van der Waals surface area contributed by atoms with Crippen molar-refractivity contribution in [2.75, 3.05) is 6.61 Å². The van der Waals surface area contributed by atoms with Gasteiger partial charge in [0, 0.05) is 17.3 Å². The first-order valence-electron chi connectivity index (χ1n) is 12.5. The standard InChI is InChI=1S/C29H25N5O2S2/c1-2-3-7-16-36-23-14-12-20(13-15-23)27-30-29-34(32-27)28(35)25(38-29)18-21-19-33(22-9-5-4-6-10-22)31-26(21)24-11-8-17-37-24/h4-6,8-15,17-19H,2-3,7,16H2,1H3. The van der Waals surface area contributed by atoms with Gasteiger partial charge in [-0.15, -0.1) is 16.4 Å². The molecule has 0 spiro atoms. The summed E-state index contributed by atoms with van der Waals surface area (Å²) in [6, 6.07) is 21.7. The molecule has 0 fully saturated rings. The molecular weight excluding hydrogens is 514 g/mol. The van der Waals surface area contributed by atoms with Gasteiger partial charge in [0.25, 0.3) is 5.56 Å². The molecule has 2 aromatic carbocycles. The SMILES string of the molecule is CCCCCOc1ccc(-c2nc3sc(=Cc4cn(-c5ccccc5)nc4-c4cccs4)c(=O)n3n2)cc1. The average molecular weight is 540 g/mol. The molecule has 6 aromatic rings. The van der Waals surface area contributed by atoms with Crippen LogP contribution in [0.1, 0.15) is 31.7 Å². The summed E-state index contributed by atoms with van der Waals surface area (Å²) < 4.78 is 9.59. The zero-order chi connectivity index (χ0) is 25.9. The second-order valence-corrected chi connectivity index (χ2v) is 10.8. The molecule has 9 heteroatoms. The number of aromatic nitrogens is 5. The number of hydrogen-bond donors (Lipinski definition) is 0. The third-order valence-corrected chi connectivity index (χ3v) is 7.95. The Bertz CT molecular complexity index is 1770. The predicted octanol–water partition coefficient (Wildman–Crippen LogP) is 5.85. The number of thiazole rings is 1. The van der Waals surface area contributed by atoms with Crippen molar-refractivity contribution in [2.45, 2.75) is 26.2 Å². The highest BCUT2D eigenvalue weighted by atomic mass is 32.1. The summed E-state index contributed by atoms with van der Waals surface area (Å²) in [5.74, 6) is 1.35. The number of para-hydroxylation sites is 1. The quantitative estimate of drug-likeness (QED) is 0.216. The molecule has 4 heterocycles. The molecule has 6 rings (SSSR count). The molecule has 0 unspecified atom stereocenters. The van der Waals surface area contributed by atoms with Gasteiger partial charge in [-0.2, -0.15) is 14.6 Å². The lowest BCUT2D eigenvalue weighted by Crippen LogP contribution is -2.23. The Balaban J connectivity index is 1.32. The number of benzene rings is 2. The first kappa shape index (κ1) is 24.3. The van der Waals surface area contributed by atoms with Gasteiger partial charge in [-0.05, 0) is 60.3 Å². The predicted molar refractivity (Wildman–Crippen MR) is 153 cm³/mol. The highest BCUT2D eigenvalue weighted by molar-refractivity contribution is 7.15. The van der Waals surface area contributed by atoms with Crippen molar-refractivity contribution in [1.29, 1.82) is 0 Å². The van der Waals surface area contributed by atoms with Gasteiger partial charge in [-0.3, -0.25) is 4.79 Å². The van der Waals surface area contributed by atoms with Gasteiger partial charge in [-0.25, -0.2) is 4.68 Å². The van der Waals surface area contributed by atoms with Crippen LogP contribution in [0.5, 0.6) is 5.75 Å². The molecule has 0 radical (unpaired) electrons. The second kappa shape index (κ2) is 10.7. The molecule has 0 aliphatic carbocycles. The number of fused-ring (bicyclic) bond motifs is 1. The molecule has 0 aliphatic heterocycles. The summed E-state index contributed by atoms with van der Waals surface area (Å²) in [6.07, 6.45) is 7.21. The van der Waals surface area contributed by atoms with E-state index in [0.717, 1.165) is 46.0 Å². The Morgan fingerprint density at radius 2 is 1.82 bits per heavy atom. The summed E-state index contributed by atoms with van der Waals surface area (Å²) in [4.78, 5) is 19.5. The molecule has 0 saturated carbocycles. The normalized spacial score (nSPS) is 12.0. The van der Waals surface area contributed by atoms with Gasteiger partial charge in [0.05, 0.1) is 21.7 Å². The molecule has 4 aromatic heterocycles. The number of thiophene rings is 1. The maximum atomic E-state index is 13.3. The van der Waals surface area contributed by atoms with E-state index < -0.39 is 0 Å². The van der Waals surface area contributed by atoms with Crippen LogP contribution in [0, 0.1) is 0 Å². The third kappa shape index (κ3) is 4.90. The smallest absolute Gasteiger partial charge is 0.291 e. The third-order valence-electron chi connectivity index (χ3n) is 6.12. The summed E-state index contributed by atoms with van der Waals surface area (Å²) >= 11 is 2.94. The zero-order valence-corrected chi connectivity index (χ0v) is 22.4. The van der Waals surface area contributed by atoms with Crippen molar-refractivity contribution in [2.24, 2.45) is 0 Å². The Morgan fingerprint density at radius 3 is 2.55 bits per heavy atom. The van der Waals surface area contributed by atoms with Crippen LogP contribution in [-0.4, -0.2) is 31.0 Å². The zero-order valence-electron chi connectivity index (χ0n) is 20.8. The van der Waals surface area contributed by atoms with E-state index in [4.69, 9.17) is 9.84 Å². The van der Waals surface area contributed by atoms with Gasteiger partial charge in [0.1, 0.15) is 11.4 Å². The fraction of sp³-hybridized carbons (Fsp3) is 0.172. The van der Waals surface area contributed by atoms with Crippen LogP contribution < -0.4 is 14.8 Å². The van der Waals surface area contributed by atoms with Crippen LogP contribution in [0.4, 0.5) is 0 Å². The van der Waals surface area contributed by atoms with Crippen LogP contribution in [0.2, 0.25) is 0 Å². The van der Waals surface area contributed by atoms with E-state index in [1.165, 1.54) is 22.3 Å². The number of ether oxygens (including phenoxy) is 1. The lowest BCUT2D eigenvalue weighted by atomic mass is 10.2. The van der Waals surface area contributed by atoms with Crippen molar-refractivity contribution < 1.29 is 4.74 Å². The molecule has 0 atom stereocenters. The maximum absolute atomic E-state index is 13.3. The van der Waals surface area contributed by atoms with E-state index in [9.17, 15) is 4.79 Å². The number of nitrogens with zero attached hydrogens (tertiary/aromatic N) is 5. The summed E-state index contributed by atoms with van der Waals surface area (Å²) in [5.41, 5.74) is 3.31. The molecule has 0 saturated heterocycles. The van der Waals surface area contributed by atoms with E-state index in [2.05, 4.69) is 17.0 Å². The van der Waals surface area contributed by atoms with Crippen LogP contribution in [0.15, 0.2) is 83.1 Å². The summed E-state index contributed by atoms with van der Waals surface area (Å²) in [6.45, 7) is 2.89. The highest BCUT2D eigenvalue weighted by Gasteiger charge is 2.15. The number of rotatable bonds is 9. The van der Waals surface area contributed by atoms with Gasteiger partial charge in [0.15, 0.2) is 5.82 Å². The highest BCUT2D eigenvalue weighted by Crippen LogP contribution is 2.28. The molecule has 0 amide bonds. The second-order valence-electron chi connectivity index (χ2n) is 8.82. The summed E-state index contributed by atoms with van der Waals surface area (Å²) in [7, 11) is 0. The van der Waals surface area contributed by atoms with E-state index in [1.54, 1.807) is 11.3 Å². The largest absolute Gasteiger partial charge is 0.494 e. The lowest BCUT2D eigenvalue weighted by Gasteiger charge is -2.05. The molecule has 7 nitrogen and oxygen atoms in total. The van der Waals surface area contributed by atoms with Gasteiger partial charge >= 0.3 is 0 Å². The van der Waals surface area contributed by atoms with Crippen molar-refractivity contribution in [3.63, 3.8) is 0 Å². The minimum atomic E-state index is -0.191. The first-order valence-corrected chi connectivity index (χ1v) is 14.2. The first-order chi connectivity index (χ1) is 18.7. The van der Waals surface area contributed by atoms with E-state index in [1.807, 2.05) is 89.1 Å². The molecular formula is C29H25N5O2S2. The van der Waals surface area contributed by atoms with E-state index in [0.29, 0.717) is 21.9 Å². The Hall–Kier alpha value is -4.08. The van der Waals surface area contributed by atoms with Gasteiger partial charge in [-0.1, -0.05) is 55.4 Å². The van der Waals surface area contributed by atoms with Crippen LogP contribution in [0.3, 0.4) is 0 Å². The average Bonchev–Trinajstić information content (AvgIpc) is 3.74. The summed E-state index contributed by atoms with van der Waals surface area (Å²) in [5, 5.41) is 11.4. The molecule has 38 heavy (non-hydrogen) atoms. The van der Waals surface area contributed by atoms with Gasteiger partial charge in [0.2, 0.25) is 4.96 Å². The Labute approximate surface area is 227 Å². The molecule has 190 valence electrons. The monoisotopic (exact) mass is 539 g/mol. The van der Waals surface area contributed by atoms with E-state index in [-0.39, 0.29) is 5.56 Å². The number of unbranched alkanes of at least 4 members (excludes halogenated alkanes) is 2. The fourth-order valence-corrected chi connectivity index (χ4v) is 5.78.